The summed E-state index contributed by atoms with van der Waals surface area (Å²) in [6, 6.07) is 8.29. The number of aryl methyl sites for hydroxylation is 1. The molecule has 0 aromatic heterocycles. The van der Waals surface area contributed by atoms with E-state index in [0.29, 0.717) is 12.1 Å². The van der Waals surface area contributed by atoms with Crippen LogP contribution in [0.15, 0.2) is 24.3 Å². The Balaban J connectivity index is 1.41. The Bertz CT molecular complexity index is 472. The molecule has 114 valence electrons. The Kier molecular flexibility index (Phi) is 3.35. The smallest absolute Gasteiger partial charge is 0.0914 e. The first-order chi connectivity index (χ1) is 10.1. The van der Waals surface area contributed by atoms with Crippen molar-refractivity contribution in [2.75, 3.05) is 6.54 Å². The summed E-state index contributed by atoms with van der Waals surface area (Å²) in [6.07, 6.45) is 8.09. The molecule has 5 rings (SSSR count). The average molecular weight is 285 g/mol. The second-order valence-electron chi connectivity index (χ2n) is 8.01. The van der Waals surface area contributed by atoms with Gasteiger partial charge in [-0.15, -0.1) is 0 Å². The first-order valence-electron chi connectivity index (χ1n) is 8.61. The van der Waals surface area contributed by atoms with Crippen molar-refractivity contribution in [1.29, 1.82) is 0 Å². The van der Waals surface area contributed by atoms with Crippen LogP contribution in [0.3, 0.4) is 0 Å². The lowest BCUT2D eigenvalue weighted by Crippen LogP contribution is -2.59. The van der Waals surface area contributed by atoms with Gasteiger partial charge in [0.1, 0.15) is 0 Å². The van der Waals surface area contributed by atoms with E-state index in [4.69, 9.17) is 0 Å². The summed E-state index contributed by atoms with van der Waals surface area (Å²) in [4.78, 5) is 0. The van der Waals surface area contributed by atoms with Gasteiger partial charge in [0.25, 0.3) is 0 Å². The SMILES string of the molecule is Cc1ccc(C(O)CNC23CC4CC(CC(C4)C2)C3)cc1. The number of nitrogens with one attached hydrogen (secondary N) is 1. The first-order valence-corrected chi connectivity index (χ1v) is 8.61. The number of hydrogen-bond acceptors (Lipinski definition) is 2. The van der Waals surface area contributed by atoms with Gasteiger partial charge in [-0.2, -0.15) is 0 Å². The third kappa shape index (κ3) is 2.64. The molecule has 1 aromatic rings. The van der Waals surface area contributed by atoms with E-state index in [2.05, 4.69) is 36.5 Å². The van der Waals surface area contributed by atoms with Crippen LogP contribution in [0.25, 0.3) is 0 Å². The molecule has 1 unspecified atom stereocenters. The van der Waals surface area contributed by atoms with Gasteiger partial charge in [-0.25, -0.2) is 0 Å². The fourth-order valence-electron chi connectivity index (χ4n) is 5.55. The van der Waals surface area contributed by atoms with Gasteiger partial charge in [-0.3, -0.25) is 0 Å². The van der Waals surface area contributed by atoms with Crippen molar-refractivity contribution in [3.05, 3.63) is 35.4 Å². The summed E-state index contributed by atoms with van der Waals surface area (Å²) in [5.74, 6) is 2.88. The average Bonchev–Trinajstić information content (AvgIpc) is 2.44. The van der Waals surface area contributed by atoms with Crippen LogP contribution in [0, 0.1) is 24.7 Å². The summed E-state index contributed by atoms with van der Waals surface area (Å²) in [7, 11) is 0. The largest absolute Gasteiger partial charge is 0.387 e. The molecule has 4 bridgehead atoms. The Morgan fingerprint density at radius 2 is 1.57 bits per heavy atom. The fourth-order valence-corrected chi connectivity index (χ4v) is 5.55. The van der Waals surface area contributed by atoms with Crippen LogP contribution in [0.4, 0.5) is 0 Å². The second kappa shape index (κ2) is 5.10. The fraction of sp³-hybridized carbons (Fsp3) is 0.684. The standard InChI is InChI=1S/C19H27NO/c1-13-2-4-17(5-3-13)18(21)12-20-19-9-14-6-15(10-19)8-16(7-14)11-19/h2-5,14-16,18,20-21H,6-12H2,1H3. The van der Waals surface area contributed by atoms with E-state index in [0.717, 1.165) is 23.3 Å². The maximum Gasteiger partial charge on any atom is 0.0914 e. The monoisotopic (exact) mass is 285 g/mol. The molecule has 0 radical (unpaired) electrons. The van der Waals surface area contributed by atoms with Gasteiger partial charge in [-0.05, 0) is 68.8 Å². The molecule has 4 saturated carbocycles. The predicted octanol–water partition coefficient (Wildman–Crippen LogP) is 3.59. The topological polar surface area (TPSA) is 32.3 Å². The summed E-state index contributed by atoms with van der Waals surface area (Å²) in [6.45, 7) is 2.79. The van der Waals surface area contributed by atoms with Gasteiger partial charge >= 0.3 is 0 Å². The Morgan fingerprint density at radius 1 is 1.05 bits per heavy atom. The number of aliphatic hydroxyl groups is 1. The van der Waals surface area contributed by atoms with Crippen LogP contribution in [0.2, 0.25) is 0 Å². The van der Waals surface area contributed by atoms with Crippen LogP contribution in [-0.2, 0) is 0 Å². The third-order valence-electron chi connectivity index (χ3n) is 6.17. The molecule has 0 spiro atoms. The zero-order valence-corrected chi connectivity index (χ0v) is 13.0. The zero-order chi connectivity index (χ0) is 14.4. The lowest BCUT2D eigenvalue weighted by molar-refractivity contribution is -0.0248. The molecule has 1 atom stereocenters. The molecule has 0 saturated heterocycles. The molecule has 4 fully saturated rings. The minimum atomic E-state index is -0.376. The molecule has 21 heavy (non-hydrogen) atoms. The van der Waals surface area contributed by atoms with Crippen molar-refractivity contribution in [2.24, 2.45) is 17.8 Å². The molecule has 0 aliphatic heterocycles. The van der Waals surface area contributed by atoms with E-state index in [9.17, 15) is 5.11 Å². The highest BCUT2D eigenvalue weighted by Crippen LogP contribution is 2.55. The number of rotatable bonds is 4. The minimum absolute atomic E-state index is 0.348. The highest BCUT2D eigenvalue weighted by Gasteiger charge is 2.50. The lowest BCUT2D eigenvalue weighted by Gasteiger charge is -2.57. The number of hydrogen-bond donors (Lipinski definition) is 2. The summed E-state index contributed by atoms with van der Waals surface area (Å²) in [5, 5.41) is 14.2. The van der Waals surface area contributed by atoms with Gasteiger partial charge < -0.3 is 10.4 Å². The third-order valence-corrected chi connectivity index (χ3v) is 6.17. The molecular weight excluding hydrogens is 258 g/mol. The first kappa shape index (κ1) is 13.8. The van der Waals surface area contributed by atoms with Crippen molar-refractivity contribution in [3.8, 4) is 0 Å². The molecule has 0 amide bonds. The molecule has 2 heteroatoms. The normalized spacial score (nSPS) is 38.7. The van der Waals surface area contributed by atoms with Crippen molar-refractivity contribution in [1.82, 2.24) is 5.32 Å². The van der Waals surface area contributed by atoms with E-state index < -0.39 is 0 Å². The highest BCUT2D eigenvalue weighted by molar-refractivity contribution is 5.23. The molecule has 1 aromatic carbocycles. The molecule has 2 N–H and O–H groups in total. The maximum absolute atomic E-state index is 10.5. The maximum atomic E-state index is 10.5. The minimum Gasteiger partial charge on any atom is -0.387 e. The van der Waals surface area contributed by atoms with Gasteiger partial charge in [0.2, 0.25) is 0 Å². The Morgan fingerprint density at radius 3 is 2.10 bits per heavy atom. The predicted molar refractivity (Wildman–Crippen MR) is 85.0 cm³/mol. The quantitative estimate of drug-likeness (QED) is 0.886. The Hall–Kier alpha value is -0.860. The van der Waals surface area contributed by atoms with Gasteiger partial charge in [0.15, 0.2) is 0 Å². The lowest BCUT2D eigenvalue weighted by atomic mass is 9.53. The van der Waals surface area contributed by atoms with Crippen LogP contribution >= 0.6 is 0 Å². The zero-order valence-electron chi connectivity index (χ0n) is 13.0. The molecule has 2 nitrogen and oxygen atoms in total. The molecule has 0 heterocycles. The summed E-state index contributed by atoms with van der Waals surface area (Å²) < 4.78 is 0. The molecule has 4 aliphatic rings. The van der Waals surface area contributed by atoms with Crippen LogP contribution in [0.1, 0.15) is 55.8 Å². The second-order valence-corrected chi connectivity index (χ2v) is 8.01. The van der Waals surface area contributed by atoms with E-state index in [-0.39, 0.29) is 6.10 Å². The van der Waals surface area contributed by atoms with Gasteiger partial charge in [0.05, 0.1) is 6.10 Å². The van der Waals surface area contributed by atoms with Crippen molar-refractivity contribution >= 4 is 0 Å². The Labute approximate surface area is 128 Å². The highest BCUT2D eigenvalue weighted by atomic mass is 16.3. The van der Waals surface area contributed by atoms with E-state index in [1.54, 1.807) is 0 Å². The summed E-state index contributed by atoms with van der Waals surface area (Å²) in [5.41, 5.74) is 2.64. The van der Waals surface area contributed by atoms with Crippen molar-refractivity contribution < 1.29 is 5.11 Å². The van der Waals surface area contributed by atoms with E-state index >= 15 is 0 Å². The van der Waals surface area contributed by atoms with E-state index in [1.165, 1.54) is 44.1 Å². The van der Waals surface area contributed by atoms with Crippen molar-refractivity contribution in [2.45, 2.75) is 57.1 Å². The van der Waals surface area contributed by atoms with E-state index in [1.807, 2.05) is 0 Å². The van der Waals surface area contributed by atoms with Crippen LogP contribution in [-0.4, -0.2) is 17.2 Å². The number of benzene rings is 1. The summed E-state index contributed by atoms with van der Waals surface area (Å²) >= 11 is 0. The molecule has 4 aliphatic carbocycles. The van der Waals surface area contributed by atoms with Gasteiger partial charge in [0, 0.05) is 12.1 Å². The van der Waals surface area contributed by atoms with Crippen LogP contribution < -0.4 is 5.32 Å². The van der Waals surface area contributed by atoms with Gasteiger partial charge in [-0.1, -0.05) is 29.8 Å². The number of aliphatic hydroxyl groups excluding tert-OH is 1. The van der Waals surface area contributed by atoms with Crippen molar-refractivity contribution in [3.63, 3.8) is 0 Å². The number of β-amino-alcohol motifs (C(OH)–C–C–N with tert-alkyl or cyclic N) is 1. The van der Waals surface area contributed by atoms with Crippen LogP contribution in [0.5, 0.6) is 0 Å². The molecular formula is C19H27NO.